The predicted octanol–water partition coefficient (Wildman–Crippen LogP) is 1.53. The third-order valence-electron chi connectivity index (χ3n) is 3.82. The molecule has 0 aliphatic carbocycles. The predicted molar refractivity (Wildman–Crippen MR) is 77.9 cm³/mol. The maximum atomic E-state index is 5.30. The summed E-state index contributed by atoms with van der Waals surface area (Å²) in [6.45, 7) is 9.75. The van der Waals surface area contributed by atoms with Gasteiger partial charge in [0.2, 0.25) is 0 Å². The van der Waals surface area contributed by atoms with Gasteiger partial charge in [-0.15, -0.1) is 0 Å². The van der Waals surface area contributed by atoms with Gasteiger partial charge < -0.3 is 14.2 Å². The van der Waals surface area contributed by atoms with Gasteiger partial charge in [0.1, 0.15) is 5.82 Å². The Hall–Kier alpha value is -1.69. The van der Waals surface area contributed by atoms with Gasteiger partial charge in [-0.3, -0.25) is 0 Å². The molecular formula is C14H21N5O. The van der Waals surface area contributed by atoms with Crippen LogP contribution >= 0.6 is 0 Å². The SMILES string of the molecule is CC.Cc1nc(N2CC3(COC3)C2)c2ncn(C)c2n1. The van der Waals surface area contributed by atoms with E-state index in [4.69, 9.17) is 4.74 Å². The normalized spacial score (nSPS) is 19.3. The third kappa shape index (κ3) is 1.86. The molecule has 2 saturated heterocycles. The summed E-state index contributed by atoms with van der Waals surface area (Å²) in [5.41, 5.74) is 2.20. The van der Waals surface area contributed by atoms with Crippen LogP contribution in [0.3, 0.4) is 0 Å². The lowest BCUT2D eigenvalue weighted by atomic mass is 9.78. The average molecular weight is 275 g/mol. The van der Waals surface area contributed by atoms with Gasteiger partial charge in [-0.1, -0.05) is 13.8 Å². The molecule has 0 amide bonds. The van der Waals surface area contributed by atoms with Gasteiger partial charge in [0, 0.05) is 20.1 Å². The highest BCUT2D eigenvalue weighted by Crippen LogP contribution is 2.40. The minimum Gasteiger partial charge on any atom is -0.380 e. The van der Waals surface area contributed by atoms with Gasteiger partial charge in [-0.05, 0) is 6.92 Å². The molecule has 2 fully saturated rings. The average Bonchev–Trinajstić information content (AvgIpc) is 2.70. The van der Waals surface area contributed by atoms with Crippen LogP contribution in [0.25, 0.3) is 11.2 Å². The number of nitrogens with zero attached hydrogens (tertiary/aromatic N) is 5. The van der Waals surface area contributed by atoms with Crippen LogP contribution in [0.4, 0.5) is 5.82 Å². The number of aryl methyl sites for hydroxylation is 2. The molecule has 1 spiro atoms. The summed E-state index contributed by atoms with van der Waals surface area (Å²) in [5.74, 6) is 1.77. The highest BCUT2D eigenvalue weighted by Gasteiger charge is 2.50. The van der Waals surface area contributed by atoms with Crippen molar-refractivity contribution in [2.75, 3.05) is 31.2 Å². The van der Waals surface area contributed by atoms with Gasteiger partial charge >= 0.3 is 0 Å². The molecule has 2 aliphatic rings. The number of rotatable bonds is 1. The van der Waals surface area contributed by atoms with E-state index in [-0.39, 0.29) is 0 Å². The quantitative estimate of drug-likeness (QED) is 0.790. The Balaban J connectivity index is 0.000000581. The fourth-order valence-corrected chi connectivity index (χ4v) is 2.80. The second kappa shape index (κ2) is 4.70. The molecule has 2 aromatic heterocycles. The summed E-state index contributed by atoms with van der Waals surface area (Å²) in [4.78, 5) is 15.7. The van der Waals surface area contributed by atoms with Gasteiger partial charge in [-0.25, -0.2) is 15.0 Å². The smallest absolute Gasteiger partial charge is 0.165 e. The Kier molecular flexibility index (Phi) is 3.12. The minimum absolute atomic E-state index is 0.389. The van der Waals surface area contributed by atoms with Gasteiger partial charge in [-0.2, -0.15) is 0 Å². The van der Waals surface area contributed by atoms with Crippen LogP contribution in [0.15, 0.2) is 6.33 Å². The van der Waals surface area contributed by atoms with Crippen molar-refractivity contribution in [1.82, 2.24) is 19.5 Å². The maximum absolute atomic E-state index is 5.30. The van der Waals surface area contributed by atoms with E-state index in [0.717, 1.165) is 49.1 Å². The zero-order valence-electron chi connectivity index (χ0n) is 12.6. The highest BCUT2D eigenvalue weighted by atomic mass is 16.5. The first kappa shape index (κ1) is 13.3. The van der Waals surface area contributed by atoms with Crippen molar-refractivity contribution in [2.24, 2.45) is 12.5 Å². The lowest BCUT2D eigenvalue weighted by molar-refractivity contribution is -0.127. The summed E-state index contributed by atoms with van der Waals surface area (Å²) in [6.07, 6.45) is 1.80. The van der Waals surface area contributed by atoms with Crippen LogP contribution in [-0.4, -0.2) is 45.8 Å². The number of hydrogen-bond donors (Lipinski definition) is 0. The van der Waals surface area contributed by atoms with E-state index in [0.29, 0.717) is 5.41 Å². The zero-order valence-corrected chi connectivity index (χ0v) is 12.6. The summed E-state index contributed by atoms with van der Waals surface area (Å²) in [7, 11) is 1.96. The first-order valence-electron chi connectivity index (χ1n) is 7.15. The highest BCUT2D eigenvalue weighted by molar-refractivity contribution is 5.84. The molecule has 6 nitrogen and oxygen atoms in total. The molecule has 108 valence electrons. The van der Waals surface area contributed by atoms with E-state index >= 15 is 0 Å². The number of anilines is 1. The summed E-state index contributed by atoms with van der Waals surface area (Å²) < 4.78 is 7.24. The van der Waals surface area contributed by atoms with E-state index in [1.807, 2.05) is 32.4 Å². The van der Waals surface area contributed by atoms with Crippen molar-refractivity contribution in [3.8, 4) is 0 Å². The van der Waals surface area contributed by atoms with E-state index in [9.17, 15) is 0 Å². The Morgan fingerprint density at radius 3 is 2.50 bits per heavy atom. The standard InChI is InChI=1S/C12H15N5O.C2H6/c1-8-14-10-9(13-7-16(10)2)11(15-8)17-3-12(4-17)5-18-6-12;1-2/h7H,3-6H2,1-2H3;1-2H3. The molecule has 0 saturated carbocycles. The topological polar surface area (TPSA) is 56.1 Å². The summed E-state index contributed by atoms with van der Waals surface area (Å²) >= 11 is 0. The van der Waals surface area contributed by atoms with Crippen molar-refractivity contribution in [3.05, 3.63) is 12.2 Å². The molecule has 0 bridgehead atoms. The van der Waals surface area contributed by atoms with E-state index < -0.39 is 0 Å². The molecule has 4 rings (SSSR count). The molecule has 0 atom stereocenters. The third-order valence-corrected chi connectivity index (χ3v) is 3.82. The monoisotopic (exact) mass is 275 g/mol. The van der Waals surface area contributed by atoms with Gasteiger partial charge in [0.15, 0.2) is 17.0 Å². The minimum atomic E-state index is 0.389. The van der Waals surface area contributed by atoms with Crippen LogP contribution in [0.2, 0.25) is 0 Å². The first-order chi connectivity index (χ1) is 9.67. The second-order valence-electron chi connectivity index (χ2n) is 5.47. The molecule has 2 aromatic rings. The molecule has 0 unspecified atom stereocenters. The lowest BCUT2D eigenvalue weighted by Crippen LogP contribution is -2.66. The van der Waals surface area contributed by atoms with Crippen molar-refractivity contribution in [3.63, 3.8) is 0 Å². The molecule has 0 N–H and O–H groups in total. The van der Waals surface area contributed by atoms with Gasteiger partial charge in [0.05, 0.1) is 25.0 Å². The van der Waals surface area contributed by atoms with Gasteiger partial charge in [0.25, 0.3) is 0 Å². The lowest BCUT2D eigenvalue weighted by Gasteiger charge is -2.55. The van der Waals surface area contributed by atoms with Crippen LogP contribution in [0, 0.1) is 12.3 Å². The Labute approximate surface area is 118 Å². The molecular weight excluding hydrogens is 254 g/mol. The van der Waals surface area contributed by atoms with Crippen molar-refractivity contribution in [2.45, 2.75) is 20.8 Å². The molecule has 20 heavy (non-hydrogen) atoms. The molecule has 4 heterocycles. The number of fused-ring (bicyclic) bond motifs is 1. The molecule has 6 heteroatoms. The number of imidazole rings is 1. The maximum Gasteiger partial charge on any atom is 0.165 e. The molecule has 2 aliphatic heterocycles. The van der Waals surface area contributed by atoms with Crippen LogP contribution in [0.1, 0.15) is 19.7 Å². The second-order valence-corrected chi connectivity index (χ2v) is 5.47. The fourth-order valence-electron chi connectivity index (χ4n) is 2.80. The van der Waals surface area contributed by atoms with Crippen molar-refractivity contribution in [1.29, 1.82) is 0 Å². The Morgan fingerprint density at radius 1 is 1.20 bits per heavy atom. The Bertz CT molecular complexity index is 624. The number of aromatic nitrogens is 4. The molecule has 0 radical (unpaired) electrons. The van der Waals surface area contributed by atoms with Crippen LogP contribution in [-0.2, 0) is 11.8 Å². The summed E-state index contributed by atoms with van der Waals surface area (Å²) in [6, 6.07) is 0. The Morgan fingerprint density at radius 2 is 1.90 bits per heavy atom. The number of hydrogen-bond acceptors (Lipinski definition) is 5. The zero-order chi connectivity index (χ0) is 14.3. The largest absolute Gasteiger partial charge is 0.380 e. The van der Waals surface area contributed by atoms with Crippen molar-refractivity contribution >= 4 is 17.0 Å². The van der Waals surface area contributed by atoms with Crippen LogP contribution < -0.4 is 4.90 Å². The van der Waals surface area contributed by atoms with Crippen LogP contribution in [0.5, 0.6) is 0 Å². The van der Waals surface area contributed by atoms with E-state index in [2.05, 4.69) is 19.9 Å². The van der Waals surface area contributed by atoms with Crippen molar-refractivity contribution < 1.29 is 4.74 Å². The molecule has 0 aromatic carbocycles. The fraction of sp³-hybridized carbons (Fsp3) is 0.643. The first-order valence-corrected chi connectivity index (χ1v) is 7.15. The summed E-state index contributed by atoms with van der Waals surface area (Å²) in [5, 5.41) is 0. The number of ether oxygens (including phenoxy) is 1. The van der Waals surface area contributed by atoms with E-state index in [1.54, 1.807) is 6.33 Å². The van der Waals surface area contributed by atoms with E-state index in [1.165, 1.54) is 0 Å².